The summed E-state index contributed by atoms with van der Waals surface area (Å²) in [4.78, 5) is 12.2. The van der Waals surface area contributed by atoms with Crippen molar-refractivity contribution in [3.63, 3.8) is 0 Å². The summed E-state index contributed by atoms with van der Waals surface area (Å²) in [6.07, 6.45) is 0.843. The average molecular weight is 336 g/mol. The van der Waals surface area contributed by atoms with Gasteiger partial charge in [-0.25, -0.2) is 0 Å². The first-order valence-corrected chi connectivity index (χ1v) is 7.84. The lowest BCUT2D eigenvalue weighted by atomic mass is 10.1. The Morgan fingerprint density at radius 1 is 1.14 bits per heavy atom. The van der Waals surface area contributed by atoms with Crippen LogP contribution >= 0.6 is 23.2 Å². The molecule has 22 heavy (non-hydrogen) atoms. The molecular weight excluding hydrogens is 321 g/mol. The fraction of sp³-hybridized carbons (Fsp3) is 0.235. The van der Waals surface area contributed by atoms with Crippen LogP contribution in [0.4, 0.5) is 0 Å². The van der Waals surface area contributed by atoms with Crippen molar-refractivity contribution in [2.75, 3.05) is 6.54 Å². The first-order chi connectivity index (χ1) is 10.6. The molecule has 0 aliphatic carbocycles. The standard InChI is InChI=1S/C17H15Cl2NO2/c18-13-3-1-11(2-4-13)7-8-20-17(21)16-10-12-9-14(19)5-6-15(12)22-16/h1-6,9,16H,7-8,10H2,(H,20,21)/t16-/m1/s1. The number of hydrogen-bond donors (Lipinski definition) is 1. The number of benzene rings is 2. The quantitative estimate of drug-likeness (QED) is 0.925. The van der Waals surface area contributed by atoms with Crippen LogP contribution < -0.4 is 10.1 Å². The highest BCUT2D eigenvalue weighted by atomic mass is 35.5. The minimum atomic E-state index is -0.473. The van der Waals surface area contributed by atoms with Crippen molar-refractivity contribution < 1.29 is 9.53 Å². The van der Waals surface area contributed by atoms with Crippen LogP contribution in [0.15, 0.2) is 42.5 Å². The van der Waals surface area contributed by atoms with Gasteiger partial charge in [0, 0.05) is 23.0 Å². The van der Waals surface area contributed by atoms with Gasteiger partial charge in [0.1, 0.15) is 5.75 Å². The molecule has 0 saturated carbocycles. The van der Waals surface area contributed by atoms with Crippen LogP contribution in [-0.2, 0) is 17.6 Å². The van der Waals surface area contributed by atoms with E-state index < -0.39 is 6.10 Å². The fourth-order valence-corrected chi connectivity index (χ4v) is 2.78. The van der Waals surface area contributed by atoms with E-state index in [0.29, 0.717) is 23.0 Å². The van der Waals surface area contributed by atoms with Gasteiger partial charge >= 0.3 is 0 Å². The maximum atomic E-state index is 12.2. The van der Waals surface area contributed by atoms with Gasteiger partial charge in [-0.1, -0.05) is 35.3 Å². The maximum Gasteiger partial charge on any atom is 0.261 e. The fourth-order valence-electron chi connectivity index (χ4n) is 2.46. The van der Waals surface area contributed by atoms with Gasteiger partial charge in [-0.05, 0) is 47.9 Å². The second kappa shape index (κ2) is 6.59. The largest absolute Gasteiger partial charge is 0.480 e. The maximum absolute atomic E-state index is 12.2. The third-order valence-corrected chi connectivity index (χ3v) is 4.10. The molecule has 0 fully saturated rings. The van der Waals surface area contributed by atoms with Crippen molar-refractivity contribution in [2.24, 2.45) is 0 Å². The molecule has 0 aromatic heterocycles. The summed E-state index contributed by atoms with van der Waals surface area (Å²) in [5.74, 6) is 0.642. The number of nitrogens with one attached hydrogen (secondary N) is 1. The Hall–Kier alpha value is -1.71. The monoisotopic (exact) mass is 335 g/mol. The van der Waals surface area contributed by atoms with Gasteiger partial charge in [-0.2, -0.15) is 0 Å². The van der Waals surface area contributed by atoms with Gasteiger partial charge in [0.05, 0.1) is 0 Å². The third kappa shape index (κ3) is 3.54. The van der Waals surface area contributed by atoms with Gasteiger partial charge in [-0.3, -0.25) is 4.79 Å². The summed E-state index contributed by atoms with van der Waals surface area (Å²) in [7, 11) is 0. The van der Waals surface area contributed by atoms with E-state index in [-0.39, 0.29) is 5.91 Å². The van der Waals surface area contributed by atoms with E-state index in [2.05, 4.69) is 5.32 Å². The number of rotatable bonds is 4. The Morgan fingerprint density at radius 2 is 1.86 bits per heavy atom. The molecule has 3 nitrogen and oxygen atoms in total. The molecule has 114 valence electrons. The molecule has 0 saturated heterocycles. The van der Waals surface area contributed by atoms with Crippen LogP contribution in [0.5, 0.6) is 5.75 Å². The molecule has 0 spiro atoms. The topological polar surface area (TPSA) is 38.3 Å². The Balaban J connectivity index is 1.50. The molecule has 2 aromatic carbocycles. The molecule has 0 radical (unpaired) electrons. The Labute approximate surface area is 139 Å². The molecular formula is C17H15Cl2NO2. The SMILES string of the molecule is O=C(NCCc1ccc(Cl)cc1)[C@H]1Cc2cc(Cl)ccc2O1. The first kappa shape index (κ1) is 15.2. The number of carbonyl (C=O) groups is 1. The van der Waals surface area contributed by atoms with E-state index in [1.54, 1.807) is 12.1 Å². The molecule has 0 bridgehead atoms. The normalized spacial score (nSPS) is 16.0. The van der Waals surface area contributed by atoms with Crippen LogP contribution in [0, 0.1) is 0 Å². The van der Waals surface area contributed by atoms with Crippen LogP contribution in [0.25, 0.3) is 0 Å². The lowest BCUT2D eigenvalue weighted by Crippen LogP contribution is -2.38. The van der Waals surface area contributed by atoms with E-state index in [1.807, 2.05) is 30.3 Å². The summed E-state index contributed by atoms with van der Waals surface area (Å²) < 4.78 is 5.65. The number of hydrogen-bond acceptors (Lipinski definition) is 2. The van der Waals surface area contributed by atoms with Gasteiger partial charge in [-0.15, -0.1) is 0 Å². The van der Waals surface area contributed by atoms with Crippen LogP contribution in [0.2, 0.25) is 10.0 Å². The zero-order valence-electron chi connectivity index (χ0n) is 11.8. The van der Waals surface area contributed by atoms with Crippen molar-refractivity contribution in [1.29, 1.82) is 0 Å². The van der Waals surface area contributed by atoms with Crippen molar-refractivity contribution >= 4 is 29.1 Å². The van der Waals surface area contributed by atoms with Crippen molar-refractivity contribution in [1.82, 2.24) is 5.32 Å². The number of amides is 1. The van der Waals surface area contributed by atoms with Gasteiger partial charge in [0.25, 0.3) is 5.91 Å². The zero-order chi connectivity index (χ0) is 15.5. The van der Waals surface area contributed by atoms with E-state index in [4.69, 9.17) is 27.9 Å². The summed E-state index contributed by atoms with van der Waals surface area (Å²) in [6.45, 7) is 0.567. The summed E-state index contributed by atoms with van der Waals surface area (Å²) in [5.41, 5.74) is 2.11. The van der Waals surface area contributed by atoms with E-state index >= 15 is 0 Å². The predicted molar refractivity (Wildman–Crippen MR) is 87.7 cm³/mol. The third-order valence-electron chi connectivity index (χ3n) is 3.62. The predicted octanol–water partition coefficient (Wildman–Crippen LogP) is 3.66. The number of fused-ring (bicyclic) bond motifs is 1. The van der Waals surface area contributed by atoms with Crippen molar-refractivity contribution in [3.8, 4) is 5.75 Å². The second-order valence-corrected chi connectivity index (χ2v) is 6.10. The molecule has 1 aliphatic rings. The molecule has 1 atom stereocenters. The molecule has 3 rings (SSSR count). The molecule has 2 aromatic rings. The van der Waals surface area contributed by atoms with Crippen molar-refractivity contribution in [3.05, 3.63) is 63.6 Å². The number of halogens is 2. The van der Waals surface area contributed by atoms with E-state index in [0.717, 1.165) is 23.3 Å². The zero-order valence-corrected chi connectivity index (χ0v) is 13.3. The Morgan fingerprint density at radius 3 is 2.64 bits per heavy atom. The summed E-state index contributed by atoms with van der Waals surface area (Å²) >= 11 is 11.8. The highest BCUT2D eigenvalue weighted by Crippen LogP contribution is 2.31. The van der Waals surface area contributed by atoms with Gasteiger partial charge < -0.3 is 10.1 Å². The number of ether oxygens (including phenoxy) is 1. The summed E-state index contributed by atoms with van der Waals surface area (Å²) in [6, 6.07) is 13.0. The number of carbonyl (C=O) groups excluding carboxylic acids is 1. The average Bonchev–Trinajstić information content (AvgIpc) is 2.92. The first-order valence-electron chi connectivity index (χ1n) is 7.09. The highest BCUT2D eigenvalue weighted by Gasteiger charge is 2.28. The lowest BCUT2D eigenvalue weighted by molar-refractivity contribution is -0.127. The van der Waals surface area contributed by atoms with E-state index in [1.165, 1.54) is 0 Å². The van der Waals surface area contributed by atoms with Gasteiger partial charge in [0.2, 0.25) is 0 Å². The van der Waals surface area contributed by atoms with Crippen LogP contribution in [-0.4, -0.2) is 18.6 Å². The Kier molecular flexibility index (Phi) is 4.55. The molecule has 0 unspecified atom stereocenters. The minimum absolute atomic E-state index is 0.0960. The van der Waals surface area contributed by atoms with E-state index in [9.17, 15) is 4.79 Å². The summed E-state index contributed by atoms with van der Waals surface area (Å²) in [5, 5.41) is 4.28. The van der Waals surface area contributed by atoms with Crippen LogP contribution in [0.1, 0.15) is 11.1 Å². The van der Waals surface area contributed by atoms with Crippen LogP contribution in [0.3, 0.4) is 0 Å². The second-order valence-electron chi connectivity index (χ2n) is 5.23. The molecule has 5 heteroatoms. The minimum Gasteiger partial charge on any atom is -0.480 e. The lowest BCUT2D eigenvalue weighted by Gasteiger charge is -2.11. The highest BCUT2D eigenvalue weighted by molar-refractivity contribution is 6.30. The van der Waals surface area contributed by atoms with Gasteiger partial charge in [0.15, 0.2) is 6.10 Å². The molecule has 1 heterocycles. The molecule has 1 N–H and O–H groups in total. The Bertz CT molecular complexity index is 686. The van der Waals surface area contributed by atoms with Crippen molar-refractivity contribution in [2.45, 2.75) is 18.9 Å². The smallest absolute Gasteiger partial charge is 0.261 e. The molecule has 1 aliphatic heterocycles. The molecule has 1 amide bonds.